The van der Waals surface area contributed by atoms with Crippen LogP contribution in [0.25, 0.3) is 0 Å². The molecule has 0 aliphatic rings. The summed E-state index contributed by atoms with van der Waals surface area (Å²) in [5, 5.41) is 3.00. The second-order valence-electron chi connectivity index (χ2n) is 4.96. The van der Waals surface area contributed by atoms with Crippen molar-refractivity contribution < 1.29 is 9.53 Å². The summed E-state index contributed by atoms with van der Waals surface area (Å²) >= 11 is 0. The minimum atomic E-state index is -0.0220. The van der Waals surface area contributed by atoms with Crippen molar-refractivity contribution in [3.05, 3.63) is 29.8 Å². The molecule has 1 aromatic carbocycles. The SMILES string of the molecule is CCOc1ccc(C(=O)NC(C)CC(C)C)cc1. The first kappa shape index (κ1) is 14.6. The van der Waals surface area contributed by atoms with Gasteiger partial charge in [-0.05, 0) is 50.5 Å². The molecule has 0 aliphatic carbocycles. The molecule has 1 rings (SSSR count). The molecule has 0 heterocycles. The number of nitrogens with one attached hydrogen (secondary N) is 1. The Morgan fingerprint density at radius 2 is 1.83 bits per heavy atom. The molecule has 0 spiro atoms. The predicted molar refractivity (Wildman–Crippen MR) is 74.0 cm³/mol. The third kappa shape index (κ3) is 4.78. The molecule has 18 heavy (non-hydrogen) atoms. The lowest BCUT2D eigenvalue weighted by Gasteiger charge is -2.16. The lowest BCUT2D eigenvalue weighted by Crippen LogP contribution is -2.33. The zero-order chi connectivity index (χ0) is 13.5. The van der Waals surface area contributed by atoms with Crippen molar-refractivity contribution >= 4 is 5.91 Å². The van der Waals surface area contributed by atoms with E-state index in [4.69, 9.17) is 4.74 Å². The van der Waals surface area contributed by atoms with Gasteiger partial charge in [0.25, 0.3) is 5.91 Å². The highest BCUT2D eigenvalue weighted by Crippen LogP contribution is 2.12. The molecule has 0 aliphatic heterocycles. The van der Waals surface area contributed by atoms with E-state index in [1.807, 2.05) is 26.0 Å². The molecule has 1 N–H and O–H groups in total. The van der Waals surface area contributed by atoms with E-state index >= 15 is 0 Å². The molecule has 1 atom stereocenters. The molecule has 1 aromatic rings. The fourth-order valence-electron chi connectivity index (χ4n) is 1.94. The van der Waals surface area contributed by atoms with E-state index < -0.39 is 0 Å². The van der Waals surface area contributed by atoms with Gasteiger partial charge in [-0.3, -0.25) is 4.79 Å². The average Bonchev–Trinajstić information content (AvgIpc) is 2.29. The number of rotatable bonds is 6. The van der Waals surface area contributed by atoms with Crippen LogP contribution in [0.1, 0.15) is 44.5 Å². The van der Waals surface area contributed by atoms with Gasteiger partial charge in [0.2, 0.25) is 0 Å². The van der Waals surface area contributed by atoms with Crippen LogP contribution < -0.4 is 10.1 Å². The molecular weight excluding hydrogens is 226 g/mol. The quantitative estimate of drug-likeness (QED) is 0.840. The zero-order valence-corrected chi connectivity index (χ0v) is 11.7. The van der Waals surface area contributed by atoms with Gasteiger partial charge in [-0.15, -0.1) is 0 Å². The summed E-state index contributed by atoms with van der Waals surface area (Å²) in [6, 6.07) is 7.44. The van der Waals surface area contributed by atoms with E-state index in [2.05, 4.69) is 19.2 Å². The number of carbonyl (C=O) groups excluding carboxylic acids is 1. The smallest absolute Gasteiger partial charge is 0.251 e. The summed E-state index contributed by atoms with van der Waals surface area (Å²) in [6.07, 6.45) is 0.989. The van der Waals surface area contributed by atoms with E-state index in [1.165, 1.54) is 0 Å². The van der Waals surface area contributed by atoms with Gasteiger partial charge in [-0.1, -0.05) is 13.8 Å². The second kappa shape index (κ2) is 7.04. The van der Waals surface area contributed by atoms with Crippen LogP contribution in [0.2, 0.25) is 0 Å². The summed E-state index contributed by atoms with van der Waals surface area (Å²) in [7, 11) is 0. The van der Waals surface area contributed by atoms with Gasteiger partial charge in [0.05, 0.1) is 6.61 Å². The van der Waals surface area contributed by atoms with Crippen molar-refractivity contribution in [1.29, 1.82) is 0 Å². The fourth-order valence-corrected chi connectivity index (χ4v) is 1.94. The molecule has 3 nitrogen and oxygen atoms in total. The van der Waals surface area contributed by atoms with Crippen molar-refractivity contribution in [3.63, 3.8) is 0 Å². The highest BCUT2D eigenvalue weighted by Gasteiger charge is 2.10. The Morgan fingerprint density at radius 3 is 2.33 bits per heavy atom. The number of benzene rings is 1. The number of ether oxygens (including phenoxy) is 1. The van der Waals surface area contributed by atoms with Crippen LogP contribution in [-0.4, -0.2) is 18.6 Å². The van der Waals surface area contributed by atoms with Crippen LogP contribution in [0.4, 0.5) is 0 Å². The third-order valence-corrected chi connectivity index (χ3v) is 2.63. The highest BCUT2D eigenvalue weighted by atomic mass is 16.5. The van der Waals surface area contributed by atoms with Gasteiger partial charge in [0.15, 0.2) is 0 Å². The van der Waals surface area contributed by atoms with E-state index in [0.717, 1.165) is 12.2 Å². The first-order valence-electron chi connectivity index (χ1n) is 6.56. The second-order valence-corrected chi connectivity index (χ2v) is 4.96. The summed E-state index contributed by atoms with van der Waals surface area (Å²) < 4.78 is 5.34. The molecule has 0 radical (unpaired) electrons. The normalized spacial score (nSPS) is 12.3. The Bertz CT molecular complexity index is 371. The van der Waals surface area contributed by atoms with Crippen LogP contribution in [0.5, 0.6) is 5.75 Å². The maximum atomic E-state index is 12.0. The van der Waals surface area contributed by atoms with E-state index in [0.29, 0.717) is 18.1 Å². The Kier molecular flexibility index (Phi) is 5.69. The van der Waals surface area contributed by atoms with Gasteiger partial charge >= 0.3 is 0 Å². The van der Waals surface area contributed by atoms with Crippen LogP contribution in [0.15, 0.2) is 24.3 Å². The number of hydrogen-bond donors (Lipinski definition) is 1. The maximum absolute atomic E-state index is 12.0. The van der Waals surface area contributed by atoms with Gasteiger partial charge < -0.3 is 10.1 Å². The Morgan fingerprint density at radius 1 is 1.22 bits per heavy atom. The Labute approximate surface area is 110 Å². The first-order valence-corrected chi connectivity index (χ1v) is 6.56. The minimum Gasteiger partial charge on any atom is -0.494 e. The van der Waals surface area contributed by atoms with Crippen molar-refractivity contribution in [2.45, 2.75) is 40.2 Å². The summed E-state index contributed by atoms with van der Waals surface area (Å²) in [6.45, 7) is 8.91. The maximum Gasteiger partial charge on any atom is 0.251 e. The third-order valence-electron chi connectivity index (χ3n) is 2.63. The van der Waals surface area contributed by atoms with Crippen molar-refractivity contribution in [2.75, 3.05) is 6.61 Å². The monoisotopic (exact) mass is 249 g/mol. The van der Waals surface area contributed by atoms with E-state index in [1.54, 1.807) is 12.1 Å². The van der Waals surface area contributed by atoms with Crippen LogP contribution in [0.3, 0.4) is 0 Å². The molecule has 0 saturated carbocycles. The van der Waals surface area contributed by atoms with E-state index in [-0.39, 0.29) is 11.9 Å². The Hall–Kier alpha value is -1.51. The van der Waals surface area contributed by atoms with Gasteiger partial charge in [0.1, 0.15) is 5.75 Å². The summed E-state index contributed by atoms with van der Waals surface area (Å²) in [5.74, 6) is 1.36. The zero-order valence-electron chi connectivity index (χ0n) is 11.7. The lowest BCUT2D eigenvalue weighted by atomic mass is 10.0. The summed E-state index contributed by atoms with van der Waals surface area (Å²) in [4.78, 5) is 12.0. The molecule has 0 aromatic heterocycles. The van der Waals surface area contributed by atoms with Crippen LogP contribution >= 0.6 is 0 Å². The lowest BCUT2D eigenvalue weighted by molar-refractivity contribution is 0.0936. The van der Waals surface area contributed by atoms with E-state index in [9.17, 15) is 4.79 Å². The van der Waals surface area contributed by atoms with Gasteiger partial charge in [0, 0.05) is 11.6 Å². The average molecular weight is 249 g/mol. The molecule has 0 bridgehead atoms. The van der Waals surface area contributed by atoms with Crippen molar-refractivity contribution in [1.82, 2.24) is 5.32 Å². The van der Waals surface area contributed by atoms with Gasteiger partial charge in [-0.2, -0.15) is 0 Å². The van der Waals surface area contributed by atoms with Crippen molar-refractivity contribution in [3.8, 4) is 5.75 Å². The molecule has 0 fully saturated rings. The minimum absolute atomic E-state index is 0.0220. The fraction of sp³-hybridized carbons (Fsp3) is 0.533. The van der Waals surface area contributed by atoms with Gasteiger partial charge in [-0.25, -0.2) is 0 Å². The number of amides is 1. The first-order chi connectivity index (χ1) is 8.52. The van der Waals surface area contributed by atoms with Crippen LogP contribution in [-0.2, 0) is 0 Å². The molecular formula is C15H23NO2. The topological polar surface area (TPSA) is 38.3 Å². The summed E-state index contributed by atoms with van der Waals surface area (Å²) in [5.41, 5.74) is 0.675. The number of carbonyl (C=O) groups is 1. The molecule has 0 saturated heterocycles. The molecule has 1 amide bonds. The largest absolute Gasteiger partial charge is 0.494 e. The molecule has 1 unspecified atom stereocenters. The predicted octanol–water partition coefficient (Wildman–Crippen LogP) is 3.25. The molecule has 3 heteroatoms. The number of hydrogen-bond acceptors (Lipinski definition) is 2. The Balaban J connectivity index is 2.56. The standard InChI is InChI=1S/C15H23NO2/c1-5-18-14-8-6-13(7-9-14)15(17)16-12(4)10-11(2)3/h6-9,11-12H,5,10H2,1-4H3,(H,16,17). The highest BCUT2D eigenvalue weighted by molar-refractivity contribution is 5.94. The van der Waals surface area contributed by atoms with Crippen LogP contribution in [0, 0.1) is 5.92 Å². The van der Waals surface area contributed by atoms with Crippen molar-refractivity contribution in [2.24, 2.45) is 5.92 Å². The molecule has 100 valence electrons.